The molecule has 2 heterocycles. The Morgan fingerprint density at radius 2 is 1.60 bits per heavy atom. The molecule has 4 rings (SSSR count). The van der Waals surface area contributed by atoms with E-state index in [9.17, 15) is 9.59 Å². The minimum absolute atomic E-state index is 0.198. The van der Waals surface area contributed by atoms with Crippen molar-refractivity contribution in [2.75, 3.05) is 59.4 Å². The molecule has 1 aliphatic carbocycles. The lowest BCUT2D eigenvalue weighted by molar-refractivity contribution is -0.134. The molecule has 1 aromatic carbocycles. The van der Waals surface area contributed by atoms with E-state index in [2.05, 4.69) is 34.1 Å². The summed E-state index contributed by atoms with van der Waals surface area (Å²) in [5, 5.41) is 0. The third kappa shape index (κ3) is 5.03. The Hall–Kier alpha value is -1.92. The molecule has 1 aromatic rings. The first-order valence-electron chi connectivity index (χ1n) is 11.7. The average molecular weight is 413 g/mol. The van der Waals surface area contributed by atoms with E-state index >= 15 is 0 Å². The second kappa shape index (κ2) is 9.92. The van der Waals surface area contributed by atoms with Gasteiger partial charge in [0.15, 0.2) is 0 Å². The molecule has 2 saturated heterocycles. The predicted molar refractivity (Wildman–Crippen MR) is 118 cm³/mol. The Morgan fingerprint density at radius 1 is 0.900 bits per heavy atom. The van der Waals surface area contributed by atoms with Crippen molar-refractivity contribution < 1.29 is 9.59 Å². The molecule has 3 aliphatic rings. The van der Waals surface area contributed by atoms with Crippen LogP contribution in [0.1, 0.15) is 49.3 Å². The summed E-state index contributed by atoms with van der Waals surface area (Å²) in [6.45, 7) is 6.43. The van der Waals surface area contributed by atoms with E-state index in [1.54, 1.807) is 0 Å². The van der Waals surface area contributed by atoms with Crippen LogP contribution in [-0.4, -0.2) is 90.8 Å². The van der Waals surface area contributed by atoms with Crippen molar-refractivity contribution in [3.63, 3.8) is 0 Å². The number of rotatable bonds is 5. The number of likely N-dealkylation sites (tertiary alicyclic amines) is 1. The third-order valence-corrected chi connectivity index (χ3v) is 7.06. The molecule has 2 amide bonds. The Bertz CT molecular complexity index is 746. The first-order valence-corrected chi connectivity index (χ1v) is 11.7. The van der Waals surface area contributed by atoms with Crippen LogP contribution in [0.3, 0.4) is 0 Å². The highest BCUT2D eigenvalue weighted by atomic mass is 16.2. The fourth-order valence-corrected chi connectivity index (χ4v) is 5.21. The SMILES string of the molecule is CN(C(=O)CN1CCCN(CC(=O)N2CCCC2)CC1)C1CCCc2ccccc21. The number of nitrogens with zero attached hydrogens (tertiary/aromatic N) is 4. The molecule has 2 fully saturated rings. The number of hydrogen-bond donors (Lipinski definition) is 0. The summed E-state index contributed by atoms with van der Waals surface area (Å²) in [5.74, 6) is 0.478. The van der Waals surface area contributed by atoms with Crippen LogP contribution in [0.15, 0.2) is 24.3 Å². The third-order valence-electron chi connectivity index (χ3n) is 7.06. The van der Waals surface area contributed by atoms with Crippen molar-refractivity contribution in [2.24, 2.45) is 0 Å². The maximum atomic E-state index is 13.1. The van der Waals surface area contributed by atoms with Crippen molar-refractivity contribution >= 4 is 11.8 Å². The predicted octanol–water partition coefficient (Wildman–Crippen LogP) is 2.15. The molecule has 0 spiro atoms. The molecule has 0 radical (unpaired) electrons. The van der Waals surface area contributed by atoms with E-state index in [-0.39, 0.29) is 17.9 Å². The fourth-order valence-electron chi connectivity index (χ4n) is 5.21. The van der Waals surface area contributed by atoms with Gasteiger partial charge >= 0.3 is 0 Å². The molecule has 164 valence electrons. The Balaban J connectivity index is 1.28. The van der Waals surface area contributed by atoms with Crippen LogP contribution >= 0.6 is 0 Å². The zero-order valence-corrected chi connectivity index (χ0v) is 18.4. The van der Waals surface area contributed by atoms with Crippen molar-refractivity contribution in [1.82, 2.24) is 19.6 Å². The average Bonchev–Trinajstić information content (AvgIpc) is 3.22. The zero-order chi connectivity index (χ0) is 20.9. The van der Waals surface area contributed by atoms with Gasteiger partial charge in [-0.1, -0.05) is 24.3 Å². The molecular weight excluding hydrogens is 376 g/mol. The summed E-state index contributed by atoms with van der Waals surface area (Å²) in [4.78, 5) is 34.1. The summed E-state index contributed by atoms with van der Waals surface area (Å²) in [6.07, 6.45) is 6.60. The van der Waals surface area contributed by atoms with Crippen LogP contribution < -0.4 is 0 Å². The van der Waals surface area contributed by atoms with E-state index in [1.807, 2.05) is 16.8 Å². The first kappa shape index (κ1) is 21.3. The number of hydrogen-bond acceptors (Lipinski definition) is 4. The van der Waals surface area contributed by atoms with Gasteiger partial charge < -0.3 is 9.80 Å². The van der Waals surface area contributed by atoms with E-state index < -0.39 is 0 Å². The Labute approximate surface area is 180 Å². The minimum atomic E-state index is 0.198. The molecule has 0 saturated carbocycles. The number of fused-ring (bicyclic) bond motifs is 1. The molecule has 1 atom stereocenters. The number of benzene rings is 1. The first-order chi connectivity index (χ1) is 14.6. The highest BCUT2D eigenvalue weighted by molar-refractivity contribution is 5.79. The second-order valence-electron chi connectivity index (χ2n) is 9.11. The van der Waals surface area contributed by atoms with E-state index in [0.29, 0.717) is 13.1 Å². The van der Waals surface area contributed by atoms with E-state index in [4.69, 9.17) is 0 Å². The standard InChI is InChI=1S/C24H36N4O2/c1-25(22-11-6-9-20-8-2-3-10-21(20)22)23(29)18-26-12-7-13-27(17-16-26)19-24(30)28-14-4-5-15-28/h2-3,8,10,22H,4-7,9,11-19H2,1H3. The van der Waals surface area contributed by atoms with Crippen LogP contribution in [0.5, 0.6) is 0 Å². The van der Waals surface area contributed by atoms with E-state index in [1.165, 1.54) is 11.1 Å². The molecule has 1 unspecified atom stereocenters. The van der Waals surface area contributed by atoms with Gasteiger partial charge in [0.1, 0.15) is 0 Å². The Kier molecular flexibility index (Phi) is 7.05. The lowest BCUT2D eigenvalue weighted by Gasteiger charge is -2.34. The number of carbonyl (C=O) groups excluding carboxylic acids is 2. The molecular formula is C24H36N4O2. The second-order valence-corrected chi connectivity index (χ2v) is 9.11. The molecule has 0 N–H and O–H groups in total. The largest absolute Gasteiger partial charge is 0.342 e. The van der Waals surface area contributed by atoms with Crippen molar-refractivity contribution in [2.45, 2.75) is 44.6 Å². The van der Waals surface area contributed by atoms with Gasteiger partial charge in [0, 0.05) is 33.2 Å². The Morgan fingerprint density at radius 3 is 2.37 bits per heavy atom. The highest BCUT2D eigenvalue weighted by Crippen LogP contribution is 2.33. The van der Waals surface area contributed by atoms with Crippen molar-refractivity contribution in [3.8, 4) is 0 Å². The van der Waals surface area contributed by atoms with Gasteiger partial charge in [-0.25, -0.2) is 0 Å². The fraction of sp³-hybridized carbons (Fsp3) is 0.667. The normalized spacial score (nSPS) is 23.1. The van der Waals surface area contributed by atoms with Gasteiger partial charge in [0.05, 0.1) is 19.1 Å². The lowest BCUT2D eigenvalue weighted by Crippen LogP contribution is -2.43. The van der Waals surface area contributed by atoms with Gasteiger partial charge in [-0.05, 0) is 62.7 Å². The summed E-state index contributed by atoms with van der Waals surface area (Å²) < 4.78 is 0. The van der Waals surface area contributed by atoms with Gasteiger partial charge in [0.25, 0.3) is 0 Å². The maximum Gasteiger partial charge on any atom is 0.237 e. The van der Waals surface area contributed by atoms with Crippen LogP contribution in [0.4, 0.5) is 0 Å². The zero-order valence-electron chi connectivity index (χ0n) is 18.4. The van der Waals surface area contributed by atoms with Crippen molar-refractivity contribution in [1.29, 1.82) is 0 Å². The quantitative estimate of drug-likeness (QED) is 0.744. The van der Waals surface area contributed by atoms with Crippen LogP contribution in [0.25, 0.3) is 0 Å². The monoisotopic (exact) mass is 412 g/mol. The summed E-state index contributed by atoms with van der Waals surface area (Å²) in [7, 11) is 1.97. The van der Waals surface area contributed by atoms with Gasteiger partial charge in [-0.3, -0.25) is 19.4 Å². The minimum Gasteiger partial charge on any atom is -0.342 e. The number of likely N-dealkylation sites (N-methyl/N-ethyl adjacent to an activating group) is 1. The van der Waals surface area contributed by atoms with Gasteiger partial charge in [0.2, 0.25) is 11.8 Å². The van der Waals surface area contributed by atoms with E-state index in [0.717, 1.165) is 77.8 Å². The van der Waals surface area contributed by atoms with Crippen molar-refractivity contribution in [3.05, 3.63) is 35.4 Å². The number of amides is 2. The maximum absolute atomic E-state index is 13.1. The molecule has 0 aromatic heterocycles. The smallest absolute Gasteiger partial charge is 0.237 e. The molecule has 6 nitrogen and oxygen atoms in total. The summed E-state index contributed by atoms with van der Waals surface area (Å²) >= 11 is 0. The molecule has 0 bridgehead atoms. The number of carbonyl (C=O) groups is 2. The summed E-state index contributed by atoms with van der Waals surface area (Å²) in [5.41, 5.74) is 2.71. The summed E-state index contributed by atoms with van der Waals surface area (Å²) in [6, 6.07) is 8.77. The number of aryl methyl sites for hydroxylation is 1. The van der Waals surface area contributed by atoms with Gasteiger partial charge in [-0.15, -0.1) is 0 Å². The lowest BCUT2D eigenvalue weighted by atomic mass is 9.87. The molecule has 30 heavy (non-hydrogen) atoms. The van der Waals surface area contributed by atoms with Crippen LogP contribution in [0, 0.1) is 0 Å². The topological polar surface area (TPSA) is 47.1 Å². The van der Waals surface area contributed by atoms with Crippen LogP contribution in [-0.2, 0) is 16.0 Å². The highest BCUT2D eigenvalue weighted by Gasteiger charge is 2.28. The van der Waals surface area contributed by atoms with Gasteiger partial charge in [-0.2, -0.15) is 0 Å². The molecule has 2 aliphatic heterocycles. The van der Waals surface area contributed by atoms with Crippen LogP contribution in [0.2, 0.25) is 0 Å². The molecule has 6 heteroatoms.